The number of rotatable bonds is 4. The van der Waals surface area contributed by atoms with Gasteiger partial charge in [0.2, 0.25) is 5.88 Å². The Kier molecular flexibility index (Phi) is 4.30. The fourth-order valence-electron chi connectivity index (χ4n) is 1.75. The van der Waals surface area contributed by atoms with Gasteiger partial charge in [-0.3, -0.25) is 0 Å². The molecule has 1 saturated heterocycles. The van der Waals surface area contributed by atoms with Gasteiger partial charge < -0.3 is 20.3 Å². The van der Waals surface area contributed by atoms with Crippen molar-refractivity contribution < 1.29 is 14.6 Å². The van der Waals surface area contributed by atoms with Gasteiger partial charge in [-0.25, -0.2) is 4.98 Å². The zero-order chi connectivity index (χ0) is 12.1. The molecule has 1 aliphatic heterocycles. The Bertz CT molecular complexity index is 336. The summed E-state index contributed by atoms with van der Waals surface area (Å²) in [6.07, 6.45) is 3.64. The fourth-order valence-corrected chi connectivity index (χ4v) is 1.75. The van der Waals surface area contributed by atoms with Crippen molar-refractivity contribution in [3.05, 3.63) is 23.9 Å². The lowest BCUT2D eigenvalue weighted by molar-refractivity contribution is 0.0237. The minimum atomic E-state index is -0.375. The van der Waals surface area contributed by atoms with E-state index in [1.165, 1.54) is 0 Å². The molecule has 0 saturated carbocycles. The molecule has 3 N–H and O–H groups in total. The van der Waals surface area contributed by atoms with Crippen LogP contribution in [0.25, 0.3) is 0 Å². The molecule has 5 nitrogen and oxygen atoms in total. The third-order valence-electron chi connectivity index (χ3n) is 2.84. The van der Waals surface area contributed by atoms with Crippen LogP contribution in [0.1, 0.15) is 24.4 Å². The highest BCUT2D eigenvalue weighted by Crippen LogP contribution is 2.17. The maximum Gasteiger partial charge on any atom is 0.213 e. The summed E-state index contributed by atoms with van der Waals surface area (Å²) in [6.45, 7) is 1.41. The third-order valence-corrected chi connectivity index (χ3v) is 2.84. The van der Waals surface area contributed by atoms with Crippen molar-refractivity contribution in [2.45, 2.75) is 25.0 Å². The summed E-state index contributed by atoms with van der Waals surface area (Å²) in [4.78, 5) is 4.19. The molecule has 5 heteroatoms. The van der Waals surface area contributed by atoms with Gasteiger partial charge in [0.1, 0.15) is 6.10 Å². The molecule has 1 aromatic heterocycles. The minimum Gasteiger partial charge on any atom is -0.474 e. The largest absolute Gasteiger partial charge is 0.474 e. The summed E-state index contributed by atoms with van der Waals surface area (Å²) >= 11 is 0. The zero-order valence-electron chi connectivity index (χ0n) is 9.71. The predicted molar refractivity (Wildman–Crippen MR) is 62.7 cm³/mol. The van der Waals surface area contributed by atoms with Crippen molar-refractivity contribution in [3.63, 3.8) is 0 Å². The molecule has 1 atom stereocenters. The second-order valence-electron chi connectivity index (χ2n) is 4.15. The Balaban J connectivity index is 1.93. The Hall–Kier alpha value is -1.17. The zero-order valence-corrected chi connectivity index (χ0v) is 9.71. The molecular formula is C12H18N2O3. The molecule has 1 aliphatic rings. The van der Waals surface area contributed by atoms with E-state index >= 15 is 0 Å². The molecule has 2 heterocycles. The van der Waals surface area contributed by atoms with Gasteiger partial charge in [-0.05, 0) is 5.56 Å². The first kappa shape index (κ1) is 12.3. The van der Waals surface area contributed by atoms with E-state index in [0.717, 1.165) is 31.6 Å². The van der Waals surface area contributed by atoms with Crippen LogP contribution in [0.3, 0.4) is 0 Å². The molecule has 0 bridgehead atoms. The van der Waals surface area contributed by atoms with Gasteiger partial charge in [0.25, 0.3) is 0 Å². The van der Waals surface area contributed by atoms with Crippen molar-refractivity contribution in [1.82, 2.24) is 4.98 Å². The number of ether oxygens (including phenoxy) is 2. The number of hydrogen-bond donors (Lipinski definition) is 2. The van der Waals surface area contributed by atoms with Crippen LogP contribution in [0.15, 0.2) is 18.3 Å². The molecule has 0 aromatic carbocycles. The maximum atomic E-state index is 8.92. The van der Waals surface area contributed by atoms with Crippen LogP contribution in [0, 0.1) is 0 Å². The normalized spacial score (nSPS) is 18.9. The van der Waals surface area contributed by atoms with Gasteiger partial charge >= 0.3 is 0 Å². The first-order valence-electron chi connectivity index (χ1n) is 5.86. The second-order valence-corrected chi connectivity index (χ2v) is 4.15. The van der Waals surface area contributed by atoms with Gasteiger partial charge in [0.05, 0.1) is 25.9 Å². The number of hydrogen-bond acceptors (Lipinski definition) is 5. The van der Waals surface area contributed by atoms with Crippen LogP contribution in [0.5, 0.6) is 5.88 Å². The quantitative estimate of drug-likeness (QED) is 0.804. The maximum absolute atomic E-state index is 8.92. The fraction of sp³-hybridized carbons (Fsp3) is 0.583. The molecular weight excluding hydrogens is 220 g/mol. The Morgan fingerprint density at radius 1 is 1.47 bits per heavy atom. The van der Waals surface area contributed by atoms with Gasteiger partial charge in [-0.2, -0.15) is 0 Å². The molecule has 0 aliphatic carbocycles. The monoisotopic (exact) mass is 238 g/mol. The molecule has 2 rings (SSSR count). The summed E-state index contributed by atoms with van der Waals surface area (Å²) in [5, 5.41) is 8.92. The number of aliphatic hydroxyl groups is 1. The summed E-state index contributed by atoms with van der Waals surface area (Å²) in [6, 6.07) is 3.25. The van der Waals surface area contributed by atoms with Gasteiger partial charge in [-0.15, -0.1) is 0 Å². The van der Waals surface area contributed by atoms with E-state index in [9.17, 15) is 0 Å². The molecule has 0 amide bonds. The number of pyridine rings is 1. The van der Waals surface area contributed by atoms with E-state index in [2.05, 4.69) is 4.98 Å². The van der Waals surface area contributed by atoms with Crippen LogP contribution < -0.4 is 10.5 Å². The molecule has 0 radical (unpaired) electrons. The highest BCUT2D eigenvalue weighted by Gasteiger charge is 2.15. The molecule has 1 aromatic rings. The first-order chi connectivity index (χ1) is 8.29. The van der Waals surface area contributed by atoms with Crippen LogP contribution in [-0.4, -0.2) is 36.0 Å². The SMILES string of the molecule is NC(CO)c1ccc(OC2CCOCC2)nc1. The summed E-state index contributed by atoms with van der Waals surface area (Å²) in [5.74, 6) is 0.603. The van der Waals surface area contributed by atoms with Gasteiger partial charge in [-0.1, -0.05) is 6.07 Å². The lowest BCUT2D eigenvalue weighted by Gasteiger charge is -2.22. The number of nitrogens with zero attached hydrogens (tertiary/aromatic N) is 1. The van der Waals surface area contributed by atoms with Gasteiger partial charge in [0.15, 0.2) is 0 Å². The number of aliphatic hydroxyl groups excluding tert-OH is 1. The van der Waals surface area contributed by atoms with E-state index in [4.69, 9.17) is 20.3 Å². The van der Waals surface area contributed by atoms with Crippen molar-refractivity contribution in [2.24, 2.45) is 5.73 Å². The van der Waals surface area contributed by atoms with Crippen molar-refractivity contribution >= 4 is 0 Å². The highest BCUT2D eigenvalue weighted by molar-refractivity contribution is 5.20. The van der Waals surface area contributed by atoms with E-state index in [-0.39, 0.29) is 18.8 Å². The van der Waals surface area contributed by atoms with Crippen LogP contribution in [0.4, 0.5) is 0 Å². The second kappa shape index (κ2) is 5.95. The average molecular weight is 238 g/mol. The Labute approximate surface area is 101 Å². The predicted octanol–water partition coefficient (Wildman–Crippen LogP) is 0.631. The lowest BCUT2D eigenvalue weighted by Crippen LogP contribution is -2.26. The summed E-state index contributed by atoms with van der Waals surface area (Å²) < 4.78 is 11.0. The third kappa shape index (κ3) is 3.39. The van der Waals surface area contributed by atoms with E-state index in [0.29, 0.717) is 5.88 Å². The summed E-state index contributed by atoms with van der Waals surface area (Å²) in [7, 11) is 0. The Morgan fingerprint density at radius 3 is 2.82 bits per heavy atom. The molecule has 1 fully saturated rings. The molecule has 94 valence electrons. The first-order valence-corrected chi connectivity index (χ1v) is 5.86. The van der Waals surface area contributed by atoms with Crippen molar-refractivity contribution in [1.29, 1.82) is 0 Å². The summed E-state index contributed by atoms with van der Waals surface area (Å²) in [5.41, 5.74) is 6.49. The van der Waals surface area contributed by atoms with Crippen molar-refractivity contribution in [3.8, 4) is 5.88 Å². The Morgan fingerprint density at radius 2 is 2.24 bits per heavy atom. The van der Waals surface area contributed by atoms with E-state index < -0.39 is 0 Å². The van der Waals surface area contributed by atoms with E-state index in [1.54, 1.807) is 12.3 Å². The molecule has 17 heavy (non-hydrogen) atoms. The molecule has 1 unspecified atom stereocenters. The minimum absolute atomic E-state index is 0.0815. The standard InChI is InChI=1S/C12H18N2O3/c13-11(8-15)9-1-2-12(14-7-9)17-10-3-5-16-6-4-10/h1-2,7,10-11,15H,3-6,8,13H2. The smallest absolute Gasteiger partial charge is 0.213 e. The highest BCUT2D eigenvalue weighted by atomic mass is 16.5. The topological polar surface area (TPSA) is 77.6 Å². The average Bonchev–Trinajstić information content (AvgIpc) is 2.40. The van der Waals surface area contributed by atoms with Crippen LogP contribution in [0.2, 0.25) is 0 Å². The molecule has 0 spiro atoms. The van der Waals surface area contributed by atoms with Gasteiger partial charge in [0, 0.05) is 25.1 Å². The van der Waals surface area contributed by atoms with Crippen LogP contribution >= 0.6 is 0 Å². The van der Waals surface area contributed by atoms with E-state index in [1.807, 2.05) is 6.07 Å². The van der Waals surface area contributed by atoms with Crippen molar-refractivity contribution in [2.75, 3.05) is 19.8 Å². The van der Waals surface area contributed by atoms with Crippen LogP contribution in [-0.2, 0) is 4.74 Å². The number of nitrogens with two attached hydrogens (primary N) is 1. The number of aromatic nitrogens is 1. The lowest BCUT2D eigenvalue weighted by atomic mass is 10.1.